The standard InChI is InChI=1S/C35H36N6/c1-27-12-9-13-28(2)33(27)41-35(36-37-38-41)34(32-20-10-19-31(26-32)30-17-7-4-8-18-30)40-24-22-39(23-25-40)21-11-16-29-14-5-3-6-15-29/h3-20,26,34H,21-25H2,1-2H3/b16-11+/t34-/m1/s1. The molecule has 1 aliphatic rings. The Hall–Kier alpha value is -4.39. The Kier molecular flexibility index (Phi) is 8.12. The van der Waals surface area contributed by atoms with E-state index in [0.29, 0.717) is 0 Å². The van der Waals surface area contributed by atoms with Crippen molar-refractivity contribution >= 4 is 6.08 Å². The summed E-state index contributed by atoms with van der Waals surface area (Å²) in [5.74, 6) is 0.852. The maximum absolute atomic E-state index is 4.67. The van der Waals surface area contributed by atoms with Gasteiger partial charge in [-0.05, 0) is 63.7 Å². The Bertz CT molecular complexity index is 1580. The van der Waals surface area contributed by atoms with Crippen molar-refractivity contribution in [3.05, 3.63) is 137 Å². The van der Waals surface area contributed by atoms with Gasteiger partial charge in [-0.25, -0.2) is 0 Å². The first-order valence-corrected chi connectivity index (χ1v) is 14.4. The van der Waals surface area contributed by atoms with Crippen molar-refractivity contribution in [3.63, 3.8) is 0 Å². The van der Waals surface area contributed by atoms with Crippen molar-refractivity contribution in [2.24, 2.45) is 0 Å². The summed E-state index contributed by atoms with van der Waals surface area (Å²) in [5.41, 5.74) is 8.22. The van der Waals surface area contributed by atoms with E-state index in [1.54, 1.807) is 0 Å². The van der Waals surface area contributed by atoms with Gasteiger partial charge in [0, 0.05) is 32.7 Å². The zero-order valence-corrected chi connectivity index (χ0v) is 23.8. The molecule has 5 aromatic rings. The third-order valence-corrected chi connectivity index (χ3v) is 7.94. The lowest BCUT2D eigenvalue weighted by Crippen LogP contribution is -2.48. The van der Waals surface area contributed by atoms with E-state index in [2.05, 4.69) is 154 Å². The second-order valence-electron chi connectivity index (χ2n) is 10.7. The summed E-state index contributed by atoms with van der Waals surface area (Å²) in [6.07, 6.45) is 4.48. The smallest absolute Gasteiger partial charge is 0.178 e. The predicted octanol–water partition coefficient (Wildman–Crippen LogP) is 6.37. The average Bonchev–Trinajstić information content (AvgIpc) is 3.48. The first kappa shape index (κ1) is 26.8. The minimum absolute atomic E-state index is 0.0744. The highest BCUT2D eigenvalue weighted by Crippen LogP contribution is 2.33. The van der Waals surface area contributed by atoms with Gasteiger partial charge in [0.05, 0.1) is 11.7 Å². The van der Waals surface area contributed by atoms with Gasteiger partial charge < -0.3 is 0 Å². The summed E-state index contributed by atoms with van der Waals surface area (Å²) in [6, 6.07) is 36.2. The highest BCUT2D eigenvalue weighted by Gasteiger charge is 2.31. The van der Waals surface area contributed by atoms with Crippen LogP contribution in [0.5, 0.6) is 0 Å². The number of aryl methyl sites for hydroxylation is 2. The van der Waals surface area contributed by atoms with Crippen molar-refractivity contribution in [3.8, 4) is 16.8 Å². The highest BCUT2D eigenvalue weighted by molar-refractivity contribution is 5.64. The largest absolute Gasteiger partial charge is 0.297 e. The van der Waals surface area contributed by atoms with Crippen LogP contribution in [-0.2, 0) is 0 Å². The summed E-state index contributed by atoms with van der Waals surface area (Å²) in [6.45, 7) is 9.02. The summed E-state index contributed by atoms with van der Waals surface area (Å²) in [7, 11) is 0. The number of benzene rings is 4. The number of nitrogens with zero attached hydrogens (tertiary/aromatic N) is 6. The maximum atomic E-state index is 4.67. The van der Waals surface area contributed by atoms with E-state index in [0.717, 1.165) is 55.4 Å². The number of hydrogen-bond donors (Lipinski definition) is 0. The normalized spacial score (nSPS) is 15.4. The van der Waals surface area contributed by atoms with Crippen molar-refractivity contribution < 1.29 is 0 Å². The fraction of sp³-hybridized carbons (Fsp3) is 0.229. The van der Waals surface area contributed by atoms with Crippen molar-refractivity contribution in [2.75, 3.05) is 32.7 Å². The number of piperazine rings is 1. The Morgan fingerprint density at radius 1 is 0.732 bits per heavy atom. The molecule has 4 aromatic carbocycles. The lowest BCUT2D eigenvalue weighted by Gasteiger charge is -2.38. The van der Waals surface area contributed by atoms with Gasteiger partial charge >= 0.3 is 0 Å². The molecule has 0 amide bonds. The van der Waals surface area contributed by atoms with Crippen LogP contribution < -0.4 is 0 Å². The molecule has 6 nitrogen and oxygen atoms in total. The Morgan fingerprint density at radius 3 is 2.12 bits per heavy atom. The van der Waals surface area contributed by atoms with E-state index in [1.807, 2.05) is 4.68 Å². The van der Waals surface area contributed by atoms with E-state index in [4.69, 9.17) is 0 Å². The van der Waals surface area contributed by atoms with Gasteiger partial charge in [0.1, 0.15) is 0 Å². The molecule has 1 aliphatic heterocycles. The summed E-state index contributed by atoms with van der Waals surface area (Å²) >= 11 is 0. The quantitative estimate of drug-likeness (QED) is 0.229. The van der Waals surface area contributed by atoms with Gasteiger partial charge in [0.15, 0.2) is 5.82 Å². The Morgan fingerprint density at radius 2 is 1.39 bits per heavy atom. The molecule has 0 aliphatic carbocycles. The summed E-state index contributed by atoms with van der Waals surface area (Å²) in [4.78, 5) is 5.05. The van der Waals surface area contributed by atoms with Crippen LogP contribution in [0.4, 0.5) is 0 Å². The second-order valence-corrected chi connectivity index (χ2v) is 10.7. The molecular weight excluding hydrogens is 504 g/mol. The van der Waals surface area contributed by atoms with Gasteiger partial charge in [-0.1, -0.05) is 109 Å². The average molecular weight is 541 g/mol. The first-order chi connectivity index (χ1) is 20.2. The van der Waals surface area contributed by atoms with E-state index in [9.17, 15) is 0 Å². The zero-order chi connectivity index (χ0) is 28.0. The Labute approximate surface area is 242 Å². The van der Waals surface area contributed by atoms with Crippen LogP contribution in [0.15, 0.2) is 109 Å². The molecule has 0 saturated carbocycles. The summed E-state index contributed by atoms with van der Waals surface area (Å²) < 4.78 is 1.96. The predicted molar refractivity (Wildman–Crippen MR) is 166 cm³/mol. The van der Waals surface area contributed by atoms with Crippen LogP contribution in [0.2, 0.25) is 0 Å². The minimum atomic E-state index is -0.0744. The zero-order valence-electron chi connectivity index (χ0n) is 23.8. The molecular formula is C35H36N6. The number of para-hydroxylation sites is 1. The van der Waals surface area contributed by atoms with E-state index < -0.39 is 0 Å². The Balaban J connectivity index is 1.31. The van der Waals surface area contributed by atoms with Gasteiger partial charge in [0.25, 0.3) is 0 Å². The molecule has 1 aromatic heterocycles. The van der Waals surface area contributed by atoms with Crippen molar-refractivity contribution in [1.82, 2.24) is 30.0 Å². The first-order valence-electron chi connectivity index (χ1n) is 14.4. The van der Waals surface area contributed by atoms with Crippen LogP contribution in [0.25, 0.3) is 22.9 Å². The summed E-state index contributed by atoms with van der Waals surface area (Å²) in [5, 5.41) is 13.4. The van der Waals surface area contributed by atoms with Gasteiger partial charge in [-0.15, -0.1) is 5.10 Å². The topological polar surface area (TPSA) is 50.1 Å². The van der Waals surface area contributed by atoms with E-state index in [-0.39, 0.29) is 6.04 Å². The van der Waals surface area contributed by atoms with Gasteiger partial charge in [-0.3, -0.25) is 9.80 Å². The molecule has 6 heteroatoms. The highest BCUT2D eigenvalue weighted by atomic mass is 15.6. The van der Waals surface area contributed by atoms with Crippen molar-refractivity contribution in [2.45, 2.75) is 19.9 Å². The van der Waals surface area contributed by atoms with Gasteiger partial charge in [0.2, 0.25) is 0 Å². The molecule has 6 rings (SSSR count). The molecule has 1 atom stereocenters. The molecule has 41 heavy (non-hydrogen) atoms. The lowest BCUT2D eigenvalue weighted by atomic mass is 9.97. The van der Waals surface area contributed by atoms with Crippen LogP contribution in [0, 0.1) is 13.8 Å². The number of hydrogen-bond acceptors (Lipinski definition) is 5. The fourth-order valence-electron chi connectivity index (χ4n) is 5.81. The molecule has 0 bridgehead atoms. The molecule has 1 fully saturated rings. The molecule has 0 spiro atoms. The van der Waals surface area contributed by atoms with Gasteiger partial charge in [-0.2, -0.15) is 4.68 Å². The van der Waals surface area contributed by atoms with Crippen molar-refractivity contribution in [1.29, 1.82) is 0 Å². The number of tetrazole rings is 1. The molecule has 0 radical (unpaired) electrons. The maximum Gasteiger partial charge on any atom is 0.178 e. The number of rotatable bonds is 8. The molecule has 0 unspecified atom stereocenters. The third-order valence-electron chi connectivity index (χ3n) is 7.94. The molecule has 0 N–H and O–H groups in total. The van der Waals surface area contributed by atoms with Crippen LogP contribution in [0.1, 0.15) is 34.1 Å². The minimum Gasteiger partial charge on any atom is -0.297 e. The van der Waals surface area contributed by atoms with Crippen LogP contribution >= 0.6 is 0 Å². The third kappa shape index (κ3) is 6.04. The van der Waals surface area contributed by atoms with E-state index >= 15 is 0 Å². The second kappa shape index (κ2) is 12.4. The molecule has 206 valence electrons. The molecule has 2 heterocycles. The number of aromatic nitrogens is 4. The SMILES string of the molecule is Cc1cccc(C)c1-n1nnnc1[C@@H](c1cccc(-c2ccccc2)c1)N1CCN(C/C=C/c2ccccc2)CC1. The van der Waals surface area contributed by atoms with Crippen LogP contribution in [-0.4, -0.2) is 62.7 Å². The van der Waals surface area contributed by atoms with E-state index in [1.165, 1.54) is 22.3 Å². The van der Waals surface area contributed by atoms with Crippen LogP contribution in [0.3, 0.4) is 0 Å². The lowest BCUT2D eigenvalue weighted by molar-refractivity contribution is 0.113. The fourth-order valence-corrected chi connectivity index (χ4v) is 5.81. The monoisotopic (exact) mass is 540 g/mol. The molecule has 1 saturated heterocycles.